The standard InChI is InChI=1S/C15H25NO5/c1-14(21-9-13(17)18)10-16(11-14)12-2-5-20-15(8-12)3-6-19-7-4-15/h12H,2-11H2,1H3,(H,17,18). The van der Waals surface area contributed by atoms with Gasteiger partial charge in [-0.05, 0) is 32.6 Å². The van der Waals surface area contributed by atoms with E-state index in [1.807, 2.05) is 6.92 Å². The first-order chi connectivity index (χ1) is 10.0. The highest BCUT2D eigenvalue weighted by molar-refractivity contribution is 5.68. The average molecular weight is 299 g/mol. The first-order valence-corrected chi connectivity index (χ1v) is 7.82. The van der Waals surface area contributed by atoms with Crippen molar-refractivity contribution in [1.82, 2.24) is 4.90 Å². The van der Waals surface area contributed by atoms with Gasteiger partial charge >= 0.3 is 5.97 Å². The third kappa shape index (κ3) is 3.39. The number of hydrogen-bond acceptors (Lipinski definition) is 5. The van der Waals surface area contributed by atoms with Crippen LogP contribution in [0.3, 0.4) is 0 Å². The molecule has 6 heteroatoms. The zero-order chi connectivity index (χ0) is 14.9. The molecule has 21 heavy (non-hydrogen) atoms. The van der Waals surface area contributed by atoms with Gasteiger partial charge in [-0.25, -0.2) is 4.79 Å². The van der Waals surface area contributed by atoms with Crippen LogP contribution in [-0.2, 0) is 19.0 Å². The Morgan fingerprint density at radius 1 is 1.33 bits per heavy atom. The van der Waals surface area contributed by atoms with Gasteiger partial charge in [-0.3, -0.25) is 4.90 Å². The summed E-state index contributed by atoms with van der Waals surface area (Å²) < 4.78 is 17.0. The molecule has 0 aliphatic carbocycles. The molecule has 3 rings (SSSR count). The summed E-state index contributed by atoms with van der Waals surface area (Å²) in [5.74, 6) is -0.901. The first kappa shape index (κ1) is 15.2. The van der Waals surface area contributed by atoms with E-state index >= 15 is 0 Å². The highest BCUT2D eigenvalue weighted by atomic mass is 16.5. The smallest absolute Gasteiger partial charge is 0.329 e. The van der Waals surface area contributed by atoms with E-state index in [2.05, 4.69) is 4.90 Å². The third-order valence-electron chi connectivity index (χ3n) is 5.01. The highest BCUT2D eigenvalue weighted by Gasteiger charge is 2.47. The van der Waals surface area contributed by atoms with Crippen LogP contribution in [0.2, 0.25) is 0 Å². The van der Waals surface area contributed by atoms with Crippen molar-refractivity contribution in [1.29, 1.82) is 0 Å². The summed E-state index contributed by atoms with van der Waals surface area (Å²) in [6, 6.07) is 0.526. The molecule has 0 amide bonds. The van der Waals surface area contributed by atoms with Gasteiger partial charge < -0.3 is 19.3 Å². The van der Waals surface area contributed by atoms with Crippen LogP contribution >= 0.6 is 0 Å². The Morgan fingerprint density at radius 2 is 2.05 bits per heavy atom. The fourth-order valence-corrected chi connectivity index (χ4v) is 3.80. The maximum atomic E-state index is 10.6. The summed E-state index contributed by atoms with van der Waals surface area (Å²) in [6.07, 6.45) is 4.09. The minimum absolute atomic E-state index is 0.00901. The molecule has 3 saturated heterocycles. The Bertz CT molecular complexity index is 382. The molecule has 0 aromatic carbocycles. The number of ether oxygens (including phenoxy) is 3. The van der Waals surface area contributed by atoms with Gasteiger partial charge in [0.05, 0.1) is 11.2 Å². The van der Waals surface area contributed by atoms with Crippen molar-refractivity contribution in [3.05, 3.63) is 0 Å². The SMILES string of the molecule is CC1(OCC(=O)O)CN(C2CCOC3(CCOCC3)C2)C1. The number of aliphatic carboxylic acids is 1. The van der Waals surface area contributed by atoms with Crippen LogP contribution in [0.25, 0.3) is 0 Å². The zero-order valence-corrected chi connectivity index (χ0v) is 12.7. The zero-order valence-electron chi connectivity index (χ0n) is 12.7. The van der Waals surface area contributed by atoms with E-state index in [-0.39, 0.29) is 17.8 Å². The van der Waals surface area contributed by atoms with Crippen LogP contribution < -0.4 is 0 Å². The van der Waals surface area contributed by atoms with Gasteiger partial charge in [0, 0.05) is 39.0 Å². The number of likely N-dealkylation sites (tertiary alicyclic amines) is 1. The molecule has 120 valence electrons. The van der Waals surface area contributed by atoms with E-state index in [9.17, 15) is 4.79 Å². The van der Waals surface area contributed by atoms with Gasteiger partial charge in [0.2, 0.25) is 0 Å². The summed E-state index contributed by atoms with van der Waals surface area (Å²) in [4.78, 5) is 13.0. The molecule has 6 nitrogen and oxygen atoms in total. The van der Waals surface area contributed by atoms with Crippen molar-refractivity contribution in [3.63, 3.8) is 0 Å². The van der Waals surface area contributed by atoms with E-state index in [1.165, 1.54) is 0 Å². The molecule has 1 N–H and O–H groups in total. The Hall–Kier alpha value is -0.690. The molecule has 1 unspecified atom stereocenters. The topological polar surface area (TPSA) is 68.2 Å². The Labute approximate surface area is 125 Å². The molecule has 0 radical (unpaired) electrons. The predicted octanol–water partition coefficient (Wildman–Crippen LogP) is 0.890. The second-order valence-electron chi connectivity index (χ2n) is 6.83. The van der Waals surface area contributed by atoms with Gasteiger partial charge in [-0.2, -0.15) is 0 Å². The van der Waals surface area contributed by atoms with Crippen LogP contribution in [-0.4, -0.2) is 72.7 Å². The molecule has 1 spiro atoms. The van der Waals surface area contributed by atoms with Crippen LogP contribution in [0.1, 0.15) is 32.6 Å². The quantitative estimate of drug-likeness (QED) is 0.831. The van der Waals surface area contributed by atoms with Gasteiger partial charge in [-0.15, -0.1) is 0 Å². The lowest BCUT2D eigenvalue weighted by molar-refractivity contribution is -0.193. The molecule has 0 bridgehead atoms. The fourth-order valence-electron chi connectivity index (χ4n) is 3.80. The van der Waals surface area contributed by atoms with E-state index in [0.717, 1.165) is 58.6 Å². The van der Waals surface area contributed by atoms with Gasteiger partial charge in [0.1, 0.15) is 6.61 Å². The summed E-state index contributed by atoms with van der Waals surface area (Å²) in [5, 5.41) is 8.71. The maximum absolute atomic E-state index is 10.6. The van der Waals surface area contributed by atoms with Crippen LogP contribution in [0, 0.1) is 0 Å². The van der Waals surface area contributed by atoms with Crippen molar-refractivity contribution < 1.29 is 24.1 Å². The van der Waals surface area contributed by atoms with Crippen LogP contribution in [0.5, 0.6) is 0 Å². The van der Waals surface area contributed by atoms with Crippen molar-refractivity contribution >= 4 is 5.97 Å². The second kappa shape index (κ2) is 5.83. The summed E-state index contributed by atoms with van der Waals surface area (Å²) >= 11 is 0. The van der Waals surface area contributed by atoms with Crippen molar-refractivity contribution in [3.8, 4) is 0 Å². The molecular weight excluding hydrogens is 274 g/mol. The Morgan fingerprint density at radius 3 is 2.71 bits per heavy atom. The lowest BCUT2D eigenvalue weighted by Gasteiger charge is -2.54. The summed E-state index contributed by atoms with van der Waals surface area (Å²) in [7, 11) is 0. The molecule has 1 atom stereocenters. The summed E-state index contributed by atoms with van der Waals surface area (Å²) in [5.41, 5.74) is -0.297. The highest BCUT2D eigenvalue weighted by Crippen LogP contribution is 2.39. The van der Waals surface area contributed by atoms with Gasteiger partial charge in [-0.1, -0.05) is 0 Å². The normalized spacial score (nSPS) is 31.8. The fraction of sp³-hybridized carbons (Fsp3) is 0.933. The molecule has 3 heterocycles. The first-order valence-electron chi connectivity index (χ1n) is 7.82. The summed E-state index contributed by atoms with van der Waals surface area (Å²) in [6.45, 7) is 5.83. The Kier molecular flexibility index (Phi) is 4.23. The number of nitrogens with zero attached hydrogens (tertiary/aromatic N) is 1. The molecule has 0 aromatic rings. The van der Waals surface area contributed by atoms with Crippen molar-refractivity contribution in [2.75, 3.05) is 39.5 Å². The number of carboxylic acid groups (broad SMARTS) is 1. The van der Waals surface area contributed by atoms with Crippen LogP contribution in [0.4, 0.5) is 0 Å². The monoisotopic (exact) mass is 299 g/mol. The molecule has 0 saturated carbocycles. The number of carbonyl (C=O) groups is 1. The lowest BCUT2D eigenvalue weighted by atomic mass is 9.81. The largest absolute Gasteiger partial charge is 0.480 e. The predicted molar refractivity (Wildman–Crippen MR) is 75.3 cm³/mol. The molecule has 0 aromatic heterocycles. The minimum Gasteiger partial charge on any atom is -0.480 e. The van der Waals surface area contributed by atoms with E-state index in [1.54, 1.807) is 0 Å². The molecule has 3 aliphatic rings. The van der Waals surface area contributed by atoms with Gasteiger partial charge in [0.15, 0.2) is 0 Å². The maximum Gasteiger partial charge on any atom is 0.329 e. The minimum atomic E-state index is -0.901. The van der Waals surface area contributed by atoms with Crippen molar-refractivity contribution in [2.24, 2.45) is 0 Å². The second-order valence-corrected chi connectivity index (χ2v) is 6.83. The van der Waals surface area contributed by atoms with E-state index in [4.69, 9.17) is 19.3 Å². The Balaban J connectivity index is 1.51. The van der Waals surface area contributed by atoms with E-state index < -0.39 is 5.97 Å². The number of carboxylic acids is 1. The average Bonchev–Trinajstić information content (AvgIpc) is 2.43. The van der Waals surface area contributed by atoms with E-state index in [0.29, 0.717) is 6.04 Å². The van der Waals surface area contributed by atoms with Gasteiger partial charge in [0.25, 0.3) is 0 Å². The third-order valence-corrected chi connectivity index (χ3v) is 5.01. The number of hydrogen-bond donors (Lipinski definition) is 1. The van der Waals surface area contributed by atoms with Crippen molar-refractivity contribution in [2.45, 2.75) is 49.9 Å². The molecule has 3 aliphatic heterocycles. The number of rotatable bonds is 4. The lowest BCUT2D eigenvalue weighted by Crippen LogP contribution is -2.66. The molecular formula is C15H25NO5. The molecule has 3 fully saturated rings. The van der Waals surface area contributed by atoms with Crippen LogP contribution in [0.15, 0.2) is 0 Å².